The topological polar surface area (TPSA) is 52.5 Å². The van der Waals surface area contributed by atoms with Gasteiger partial charge in [-0.1, -0.05) is 12.8 Å². The molecule has 0 aromatic carbocycles. The highest BCUT2D eigenvalue weighted by atomic mass is 16.3. The number of unbranched alkanes of at least 4 members (excludes halogenated alkanes) is 2. The predicted molar refractivity (Wildman–Crippen MR) is 61.8 cm³/mol. The number of hydrogen-bond acceptors (Lipinski definition) is 3. The fourth-order valence-electron chi connectivity index (χ4n) is 2.25. The van der Waals surface area contributed by atoms with Crippen molar-refractivity contribution in [3.8, 4) is 0 Å². The van der Waals surface area contributed by atoms with Crippen molar-refractivity contribution in [2.45, 2.75) is 51.0 Å². The number of nitrogens with one attached hydrogen (secondary N) is 1. The van der Waals surface area contributed by atoms with Gasteiger partial charge in [0.25, 0.3) is 0 Å². The van der Waals surface area contributed by atoms with E-state index < -0.39 is 0 Å². The standard InChI is InChI=1S/C12H25NO2/c14-9-5-1-4-8-13-10-11-6-2-3-7-12(11)15/h11-15H,1-10H2. The first kappa shape index (κ1) is 12.9. The van der Waals surface area contributed by atoms with Gasteiger partial charge in [0, 0.05) is 13.2 Å². The Kier molecular flexibility index (Phi) is 6.98. The first-order valence-corrected chi connectivity index (χ1v) is 6.34. The summed E-state index contributed by atoms with van der Waals surface area (Å²) >= 11 is 0. The third-order valence-electron chi connectivity index (χ3n) is 3.29. The Balaban J connectivity index is 1.94. The minimum absolute atomic E-state index is 0.0799. The molecule has 0 aromatic rings. The highest BCUT2D eigenvalue weighted by molar-refractivity contribution is 4.75. The van der Waals surface area contributed by atoms with Crippen LogP contribution in [-0.2, 0) is 0 Å². The van der Waals surface area contributed by atoms with Crippen LogP contribution in [0.3, 0.4) is 0 Å². The molecule has 0 amide bonds. The zero-order chi connectivity index (χ0) is 10.9. The van der Waals surface area contributed by atoms with E-state index in [0.717, 1.165) is 38.8 Å². The summed E-state index contributed by atoms with van der Waals surface area (Å²) in [7, 11) is 0. The van der Waals surface area contributed by atoms with Gasteiger partial charge in [-0.2, -0.15) is 0 Å². The van der Waals surface area contributed by atoms with Crippen LogP contribution in [0.5, 0.6) is 0 Å². The van der Waals surface area contributed by atoms with Crippen LogP contribution in [-0.4, -0.2) is 36.0 Å². The van der Waals surface area contributed by atoms with Crippen LogP contribution >= 0.6 is 0 Å². The molecule has 3 N–H and O–H groups in total. The molecule has 15 heavy (non-hydrogen) atoms. The molecule has 1 rings (SSSR count). The van der Waals surface area contributed by atoms with Gasteiger partial charge in [0.15, 0.2) is 0 Å². The summed E-state index contributed by atoms with van der Waals surface area (Å²) in [6.45, 7) is 2.28. The van der Waals surface area contributed by atoms with E-state index in [1.54, 1.807) is 0 Å². The van der Waals surface area contributed by atoms with E-state index in [4.69, 9.17) is 5.11 Å². The lowest BCUT2D eigenvalue weighted by Gasteiger charge is -2.27. The van der Waals surface area contributed by atoms with Gasteiger partial charge in [-0.15, -0.1) is 0 Å². The number of rotatable bonds is 7. The SMILES string of the molecule is OCCCCCNCC1CCCCC1O. The molecule has 0 heterocycles. The largest absolute Gasteiger partial charge is 0.396 e. The van der Waals surface area contributed by atoms with Crippen molar-refractivity contribution in [1.29, 1.82) is 0 Å². The van der Waals surface area contributed by atoms with Crippen molar-refractivity contribution < 1.29 is 10.2 Å². The summed E-state index contributed by atoms with van der Waals surface area (Å²) in [5.74, 6) is 0.469. The van der Waals surface area contributed by atoms with E-state index in [0.29, 0.717) is 12.5 Å². The lowest BCUT2D eigenvalue weighted by molar-refractivity contribution is 0.0697. The van der Waals surface area contributed by atoms with Crippen LogP contribution in [0, 0.1) is 5.92 Å². The maximum absolute atomic E-state index is 9.74. The summed E-state index contributed by atoms with van der Waals surface area (Å²) in [5.41, 5.74) is 0. The molecule has 1 saturated carbocycles. The molecule has 2 atom stereocenters. The van der Waals surface area contributed by atoms with Crippen molar-refractivity contribution in [3.63, 3.8) is 0 Å². The second kappa shape index (κ2) is 8.08. The van der Waals surface area contributed by atoms with Crippen LogP contribution in [0.25, 0.3) is 0 Å². The van der Waals surface area contributed by atoms with E-state index >= 15 is 0 Å². The van der Waals surface area contributed by atoms with E-state index in [9.17, 15) is 5.11 Å². The summed E-state index contributed by atoms with van der Waals surface area (Å²) in [5, 5.41) is 21.7. The molecule has 90 valence electrons. The normalized spacial score (nSPS) is 26.8. The summed E-state index contributed by atoms with van der Waals surface area (Å²) < 4.78 is 0. The zero-order valence-electron chi connectivity index (χ0n) is 9.62. The second-order valence-electron chi connectivity index (χ2n) is 4.60. The van der Waals surface area contributed by atoms with Crippen molar-refractivity contribution in [1.82, 2.24) is 5.32 Å². The average molecular weight is 215 g/mol. The summed E-state index contributed by atoms with van der Waals surface area (Å²) in [6.07, 6.45) is 7.67. The van der Waals surface area contributed by atoms with Gasteiger partial charge >= 0.3 is 0 Å². The molecule has 0 aromatic heterocycles. The molecule has 0 aliphatic heterocycles. The monoisotopic (exact) mass is 215 g/mol. The molecular weight excluding hydrogens is 190 g/mol. The predicted octanol–water partition coefficient (Wildman–Crippen LogP) is 1.29. The van der Waals surface area contributed by atoms with Gasteiger partial charge in [-0.05, 0) is 44.6 Å². The van der Waals surface area contributed by atoms with Gasteiger partial charge < -0.3 is 15.5 Å². The Bertz CT molecular complexity index is 153. The van der Waals surface area contributed by atoms with Crippen molar-refractivity contribution >= 4 is 0 Å². The zero-order valence-corrected chi connectivity index (χ0v) is 9.62. The third kappa shape index (κ3) is 5.50. The van der Waals surface area contributed by atoms with E-state index in [-0.39, 0.29) is 6.10 Å². The quantitative estimate of drug-likeness (QED) is 0.561. The third-order valence-corrected chi connectivity index (χ3v) is 3.29. The van der Waals surface area contributed by atoms with Gasteiger partial charge in [-0.3, -0.25) is 0 Å². The molecule has 1 fully saturated rings. The maximum atomic E-state index is 9.74. The highest BCUT2D eigenvalue weighted by Crippen LogP contribution is 2.23. The molecule has 3 nitrogen and oxygen atoms in total. The number of aliphatic hydroxyl groups excluding tert-OH is 2. The van der Waals surface area contributed by atoms with Crippen molar-refractivity contribution in [2.24, 2.45) is 5.92 Å². The highest BCUT2D eigenvalue weighted by Gasteiger charge is 2.21. The van der Waals surface area contributed by atoms with Gasteiger partial charge in [0.2, 0.25) is 0 Å². The Hall–Kier alpha value is -0.120. The first-order chi connectivity index (χ1) is 7.34. The van der Waals surface area contributed by atoms with Crippen LogP contribution in [0.2, 0.25) is 0 Å². The number of hydrogen-bond donors (Lipinski definition) is 3. The fraction of sp³-hybridized carbons (Fsp3) is 1.00. The summed E-state index contributed by atoms with van der Waals surface area (Å²) in [6, 6.07) is 0. The van der Waals surface area contributed by atoms with Crippen molar-refractivity contribution in [2.75, 3.05) is 19.7 Å². The molecule has 1 aliphatic rings. The fourth-order valence-corrected chi connectivity index (χ4v) is 2.25. The van der Waals surface area contributed by atoms with Crippen LogP contribution < -0.4 is 5.32 Å². The van der Waals surface area contributed by atoms with E-state index in [2.05, 4.69) is 5.32 Å². The molecule has 0 spiro atoms. The Morgan fingerprint density at radius 1 is 1.07 bits per heavy atom. The lowest BCUT2D eigenvalue weighted by Crippen LogP contribution is -2.34. The van der Waals surface area contributed by atoms with Gasteiger partial charge in [0.05, 0.1) is 6.10 Å². The molecular formula is C12H25NO2. The Morgan fingerprint density at radius 2 is 1.87 bits per heavy atom. The average Bonchev–Trinajstić information content (AvgIpc) is 2.25. The maximum Gasteiger partial charge on any atom is 0.0580 e. The number of aliphatic hydroxyl groups is 2. The molecule has 0 saturated heterocycles. The Labute approximate surface area is 92.9 Å². The smallest absolute Gasteiger partial charge is 0.0580 e. The van der Waals surface area contributed by atoms with Crippen LogP contribution in [0.1, 0.15) is 44.9 Å². The molecule has 3 heteroatoms. The molecule has 2 unspecified atom stereocenters. The van der Waals surface area contributed by atoms with E-state index in [1.807, 2.05) is 0 Å². The van der Waals surface area contributed by atoms with Crippen LogP contribution in [0.4, 0.5) is 0 Å². The van der Waals surface area contributed by atoms with Gasteiger partial charge in [-0.25, -0.2) is 0 Å². The molecule has 0 radical (unpaired) electrons. The molecule has 0 bridgehead atoms. The second-order valence-corrected chi connectivity index (χ2v) is 4.60. The van der Waals surface area contributed by atoms with Crippen molar-refractivity contribution in [3.05, 3.63) is 0 Å². The summed E-state index contributed by atoms with van der Waals surface area (Å²) in [4.78, 5) is 0. The lowest BCUT2D eigenvalue weighted by atomic mass is 9.86. The van der Waals surface area contributed by atoms with E-state index in [1.165, 1.54) is 19.3 Å². The van der Waals surface area contributed by atoms with Gasteiger partial charge in [0.1, 0.15) is 0 Å². The van der Waals surface area contributed by atoms with Crippen LogP contribution in [0.15, 0.2) is 0 Å². The Morgan fingerprint density at radius 3 is 2.60 bits per heavy atom. The molecule has 1 aliphatic carbocycles. The minimum atomic E-state index is -0.0799. The minimum Gasteiger partial charge on any atom is -0.396 e. The first-order valence-electron chi connectivity index (χ1n) is 6.34.